The third kappa shape index (κ3) is 2.98. The number of hydrogen-bond acceptors (Lipinski definition) is 5. The molecule has 0 aliphatic rings. The number of pyridine rings is 1. The van der Waals surface area contributed by atoms with Gasteiger partial charge in [0.25, 0.3) is 0 Å². The summed E-state index contributed by atoms with van der Waals surface area (Å²) >= 11 is 1.50. The Balaban J connectivity index is 2.23. The third-order valence-electron chi connectivity index (χ3n) is 2.52. The van der Waals surface area contributed by atoms with E-state index in [2.05, 4.69) is 4.98 Å². The second-order valence-electron chi connectivity index (χ2n) is 3.83. The largest absolute Gasteiger partial charge is 0.244 e. The van der Waals surface area contributed by atoms with Gasteiger partial charge in [-0.15, -0.1) is 11.3 Å². The maximum atomic E-state index is 12.3. The molecule has 0 unspecified atom stereocenters. The van der Waals surface area contributed by atoms with Crippen molar-refractivity contribution in [3.8, 4) is 6.07 Å². The van der Waals surface area contributed by atoms with Gasteiger partial charge in [-0.1, -0.05) is 6.07 Å². The molecule has 2 rings (SSSR count). The van der Waals surface area contributed by atoms with E-state index in [4.69, 9.17) is 5.26 Å². The zero-order valence-corrected chi connectivity index (χ0v) is 11.8. The summed E-state index contributed by atoms with van der Waals surface area (Å²) in [4.78, 5) is 4.83. The number of sulfonamides is 1. The Labute approximate surface area is 115 Å². The minimum atomic E-state index is -3.57. The number of nitriles is 1. The summed E-state index contributed by atoms with van der Waals surface area (Å²) in [7, 11) is -2.05. The molecule has 0 fully saturated rings. The SMILES string of the molecule is CN(Cc1cccs1)S(=O)(=O)c1ccc(C#N)nc1. The minimum absolute atomic E-state index is 0.0885. The van der Waals surface area contributed by atoms with Crippen LogP contribution in [-0.2, 0) is 16.6 Å². The molecule has 7 heteroatoms. The highest BCUT2D eigenvalue weighted by Gasteiger charge is 2.21. The average molecular weight is 293 g/mol. The lowest BCUT2D eigenvalue weighted by Crippen LogP contribution is -2.26. The summed E-state index contributed by atoms with van der Waals surface area (Å²) in [5.74, 6) is 0. The van der Waals surface area contributed by atoms with Crippen LogP contribution >= 0.6 is 11.3 Å². The molecule has 0 aliphatic heterocycles. The number of rotatable bonds is 4. The number of nitrogens with zero attached hydrogens (tertiary/aromatic N) is 3. The summed E-state index contributed by atoms with van der Waals surface area (Å²) in [5.41, 5.74) is 0.194. The van der Waals surface area contributed by atoms with Crippen molar-refractivity contribution in [2.75, 3.05) is 7.05 Å². The van der Waals surface area contributed by atoms with E-state index < -0.39 is 10.0 Å². The van der Waals surface area contributed by atoms with Crippen LogP contribution in [0.1, 0.15) is 10.6 Å². The molecule has 0 saturated heterocycles. The molecule has 2 aromatic rings. The van der Waals surface area contributed by atoms with Gasteiger partial charge in [-0.25, -0.2) is 13.4 Å². The van der Waals surface area contributed by atoms with Crippen molar-refractivity contribution in [3.05, 3.63) is 46.4 Å². The molecular formula is C12H11N3O2S2. The summed E-state index contributed by atoms with van der Waals surface area (Å²) in [6, 6.07) is 8.40. The van der Waals surface area contributed by atoms with Crippen LogP contribution < -0.4 is 0 Å². The van der Waals surface area contributed by atoms with Gasteiger partial charge in [-0.2, -0.15) is 9.57 Å². The molecule has 0 radical (unpaired) electrons. The van der Waals surface area contributed by atoms with Gasteiger partial charge in [0.05, 0.1) is 0 Å². The van der Waals surface area contributed by atoms with Gasteiger partial charge in [0, 0.05) is 24.7 Å². The Morgan fingerprint density at radius 1 is 1.42 bits per heavy atom. The van der Waals surface area contributed by atoms with Crippen LogP contribution in [0.5, 0.6) is 0 Å². The lowest BCUT2D eigenvalue weighted by Gasteiger charge is -2.15. The number of hydrogen-bond donors (Lipinski definition) is 0. The first-order chi connectivity index (χ1) is 9.04. The fourth-order valence-electron chi connectivity index (χ4n) is 1.49. The van der Waals surface area contributed by atoms with Gasteiger partial charge in [0.1, 0.15) is 16.7 Å². The van der Waals surface area contributed by atoms with Gasteiger partial charge in [0.15, 0.2) is 0 Å². The Kier molecular flexibility index (Phi) is 3.95. The number of thiophene rings is 1. The first-order valence-corrected chi connectivity index (χ1v) is 7.71. The van der Waals surface area contributed by atoms with Crippen molar-refractivity contribution < 1.29 is 8.42 Å². The average Bonchev–Trinajstić information content (AvgIpc) is 2.91. The van der Waals surface area contributed by atoms with E-state index in [0.717, 1.165) is 4.88 Å². The fourth-order valence-corrected chi connectivity index (χ4v) is 3.42. The molecule has 5 nitrogen and oxygen atoms in total. The van der Waals surface area contributed by atoms with E-state index in [0.29, 0.717) is 6.54 Å². The van der Waals surface area contributed by atoms with Crippen molar-refractivity contribution in [2.24, 2.45) is 0 Å². The van der Waals surface area contributed by atoms with E-state index in [1.165, 1.54) is 41.0 Å². The van der Waals surface area contributed by atoms with E-state index in [1.54, 1.807) is 0 Å². The molecule has 0 amide bonds. The Hall–Kier alpha value is -1.75. The minimum Gasteiger partial charge on any atom is -0.244 e. The van der Waals surface area contributed by atoms with E-state index in [1.807, 2.05) is 23.6 Å². The van der Waals surface area contributed by atoms with Crippen molar-refractivity contribution in [2.45, 2.75) is 11.4 Å². The van der Waals surface area contributed by atoms with Crippen LogP contribution in [-0.4, -0.2) is 24.8 Å². The highest BCUT2D eigenvalue weighted by atomic mass is 32.2. The van der Waals surface area contributed by atoms with Gasteiger partial charge >= 0.3 is 0 Å². The maximum absolute atomic E-state index is 12.3. The predicted molar refractivity (Wildman–Crippen MR) is 71.9 cm³/mol. The molecular weight excluding hydrogens is 282 g/mol. The normalized spacial score (nSPS) is 11.4. The Morgan fingerprint density at radius 2 is 2.21 bits per heavy atom. The quantitative estimate of drug-likeness (QED) is 0.862. The van der Waals surface area contributed by atoms with Gasteiger partial charge in [-0.3, -0.25) is 0 Å². The highest BCUT2D eigenvalue weighted by molar-refractivity contribution is 7.89. The van der Waals surface area contributed by atoms with Crippen molar-refractivity contribution in [1.29, 1.82) is 5.26 Å². The van der Waals surface area contributed by atoms with Crippen LogP contribution in [0, 0.1) is 11.3 Å². The molecule has 0 bridgehead atoms. The van der Waals surface area contributed by atoms with E-state index in [-0.39, 0.29) is 10.6 Å². The zero-order valence-electron chi connectivity index (χ0n) is 10.1. The molecule has 2 heterocycles. The first-order valence-electron chi connectivity index (χ1n) is 5.39. The van der Waals surface area contributed by atoms with Crippen LogP contribution in [0.2, 0.25) is 0 Å². The topological polar surface area (TPSA) is 74.1 Å². The highest BCUT2D eigenvalue weighted by Crippen LogP contribution is 2.18. The first kappa shape index (κ1) is 13.7. The molecule has 0 aromatic carbocycles. The monoisotopic (exact) mass is 293 g/mol. The fraction of sp³-hybridized carbons (Fsp3) is 0.167. The molecule has 0 atom stereocenters. The Bertz CT molecular complexity index is 686. The summed E-state index contributed by atoms with van der Waals surface area (Å²) in [6.45, 7) is 0.319. The smallest absolute Gasteiger partial charge is 0.244 e. The molecule has 19 heavy (non-hydrogen) atoms. The van der Waals surface area contributed by atoms with Crippen molar-refractivity contribution >= 4 is 21.4 Å². The van der Waals surface area contributed by atoms with Crippen LogP contribution in [0.3, 0.4) is 0 Å². The zero-order chi connectivity index (χ0) is 13.9. The predicted octanol–water partition coefficient (Wildman–Crippen LogP) is 1.84. The van der Waals surface area contributed by atoms with Crippen LogP contribution in [0.4, 0.5) is 0 Å². The molecule has 98 valence electrons. The lowest BCUT2D eigenvalue weighted by atomic mass is 10.4. The van der Waals surface area contributed by atoms with Crippen LogP contribution in [0.15, 0.2) is 40.7 Å². The van der Waals surface area contributed by atoms with Gasteiger partial charge < -0.3 is 0 Å². The lowest BCUT2D eigenvalue weighted by molar-refractivity contribution is 0.469. The molecule has 0 saturated carbocycles. The maximum Gasteiger partial charge on any atom is 0.244 e. The summed E-state index contributed by atoms with van der Waals surface area (Å²) < 4.78 is 25.8. The number of aromatic nitrogens is 1. The second-order valence-corrected chi connectivity index (χ2v) is 6.91. The standard InChI is InChI=1S/C12H11N3O2S2/c1-15(9-11-3-2-6-18-11)19(16,17)12-5-4-10(7-13)14-8-12/h2-6,8H,9H2,1H3. The molecule has 0 spiro atoms. The summed E-state index contributed by atoms with van der Waals surface area (Å²) in [6.07, 6.45) is 1.21. The molecule has 0 aliphatic carbocycles. The van der Waals surface area contributed by atoms with E-state index >= 15 is 0 Å². The second kappa shape index (κ2) is 5.48. The van der Waals surface area contributed by atoms with Crippen molar-refractivity contribution in [3.63, 3.8) is 0 Å². The summed E-state index contributed by atoms with van der Waals surface area (Å²) in [5, 5.41) is 10.5. The molecule has 2 aromatic heterocycles. The van der Waals surface area contributed by atoms with Gasteiger partial charge in [-0.05, 0) is 23.6 Å². The van der Waals surface area contributed by atoms with Gasteiger partial charge in [0.2, 0.25) is 10.0 Å². The van der Waals surface area contributed by atoms with Crippen LogP contribution in [0.25, 0.3) is 0 Å². The molecule has 0 N–H and O–H groups in total. The van der Waals surface area contributed by atoms with Crippen molar-refractivity contribution in [1.82, 2.24) is 9.29 Å². The third-order valence-corrected chi connectivity index (χ3v) is 5.17. The van der Waals surface area contributed by atoms with E-state index in [9.17, 15) is 8.42 Å². The Morgan fingerprint density at radius 3 is 2.74 bits per heavy atom.